The number of benzene rings is 3. The van der Waals surface area contributed by atoms with E-state index in [1.54, 1.807) is 12.1 Å². The van der Waals surface area contributed by atoms with E-state index in [1.165, 1.54) is 27.8 Å². The minimum atomic E-state index is -3.43. The van der Waals surface area contributed by atoms with E-state index in [-0.39, 0.29) is 0 Å². The summed E-state index contributed by atoms with van der Waals surface area (Å²) in [6.45, 7) is 6.85. The normalized spacial score (nSPS) is 18.8. The molecule has 3 nitrogen and oxygen atoms in total. The lowest BCUT2D eigenvalue weighted by molar-refractivity contribution is 0.573. The van der Waals surface area contributed by atoms with Crippen LogP contribution in [0.5, 0.6) is 0 Å². The molecule has 32 heavy (non-hydrogen) atoms. The molecule has 0 aromatic heterocycles. The van der Waals surface area contributed by atoms with Gasteiger partial charge in [-0.25, -0.2) is 13.1 Å². The first kappa shape index (κ1) is 22.5. The van der Waals surface area contributed by atoms with Crippen LogP contribution in [0.25, 0.3) is 16.7 Å². The van der Waals surface area contributed by atoms with E-state index >= 15 is 0 Å². The second kappa shape index (κ2) is 9.43. The van der Waals surface area contributed by atoms with Crippen LogP contribution in [-0.2, 0) is 10.0 Å². The van der Waals surface area contributed by atoms with E-state index in [0.29, 0.717) is 23.3 Å². The van der Waals surface area contributed by atoms with Crippen molar-refractivity contribution >= 4 is 15.6 Å². The first-order valence-corrected chi connectivity index (χ1v) is 12.7. The largest absolute Gasteiger partial charge is 0.240 e. The van der Waals surface area contributed by atoms with Crippen molar-refractivity contribution in [2.75, 3.05) is 6.54 Å². The molecular weight excluding hydrogens is 414 g/mol. The van der Waals surface area contributed by atoms with Gasteiger partial charge in [-0.1, -0.05) is 77.9 Å². The molecule has 1 N–H and O–H groups in total. The Morgan fingerprint density at radius 3 is 2.16 bits per heavy atom. The molecule has 0 heterocycles. The number of allylic oxidation sites excluding steroid dienone is 2. The molecular formula is C28H31NO2S. The van der Waals surface area contributed by atoms with Crippen LogP contribution < -0.4 is 4.72 Å². The molecule has 3 aromatic rings. The lowest BCUT2D eigenvalue weighted by atomic mass is 9.96. The maximum absolute atomic E-state index is 12.5. The molecule has 0 saturated heterocycles. The van der Waals surface area contributed by atoms with Crippen molar-refractivity contribution in [3.8, 4) is 11.1 Å². The Kier molecular flexibility index (Phi) is 6.63. The summed E-state index contributed by atoms with van der Waals surface area (Å²) < 4.78 is 27.7. The third kappa shape index (κ3) is 5.20. The van der Waals surface area contributed by atoms with Gasteiger partial charge in [-0.15, -0.1) is 0 Å². The SMILES string of the molecule is C/C(=C(/C)C1CC1CCNS(=O)(=O)c1ccc(C)cc1)c1ccc(-c2ccccc2)cc1. The number of sulfonamides is 1. The molecule has 0 radical (unpaired) electrons. The van der Waals surface area contributed by atoms with E-state index in [1.807, 2.05) is 25.1 Å². The second-order valence-electron chi connectivity index (χ2n) is 8.85. The molecule has 1 aliphatic rings. The minimum absolute atomic E-state index is 0.335. The number of aryl methyl sites for hydroxylation is 1. The van der Waals surface area contributed by atoms with Gasteiger partial charge in [0.05, 0.1) is 4.90 Å². The van der Waals surface area contributed by atoms with Crippen LogP contribution in [0, 0.1) is 18.8 Å². The fraction of sp³-hybridized carbons (Fsp3) is 0.286. The highest BCUT2D eigenvalue weighted by Crippen LogP contribution is 2.48. The molecule has 1 fully saturated rings. The fourth-order valence-electron chi connectivity index (χ4n) is 4.33. The lowest BCUT2D eigenvalue weighted by Crippen LogP contribution is -2.25. The highest BCUT2D eigenvalue weighted by molar-refractivity contribution is 7.89. The fourth-order valence-corrected chi connectivity index (χ4v) is 5.37. The van der Waals surface area contributed by atoms with Gasteiger partial charge in [-0.3, -0.25) is 0 Å². The first-order valence-electron chi connectivity index (χ1n) is 11.2. The average Bonchev–Trinajstić information content (AvgIpc) is 3.58. The predicted octanol–water partition coefficient (Wildman–Crippen LogP) is 6.46. The summed E-state index contributed by atoms with van der Waals surface area (Å²) in [5, 5.41) is 0. The summed E-state index contributed by atoms with van der Waals surface area (Å²) >= 11 is 0. The van der Waals surface area contributed by atoms with E-state index in [0.717, 1.165) is 18.4 Å². The molecule has 0 spiro atoms. The van der Waals surface area contributed by atoms with E-state index < -0.39 is 10.0 Å². The Bertz CT molecular complexity index is 1190. The Morgan fingerprint density at radius 2 is 1.50 bits per heavy atom. The molecule has 0 amide bonds. The van der Waals surface area contributed by atoms with Crippen LogP contribution in [0.15, 0.2) is 89.3 Å². The minimum Gasteiger partial charge on any atom is -0.211 e. The van der Waals surface area contributed by atoms with Gasteiger partial charge in [0.1, 0.15) is 0 Å². The van der Waals surface area contributed by atoms with Gasteiger partial charge in [0.25, 0.3) is 0 Å². The van der Waals surface area contributed by atoms with Crippen LogP contribution in [-0.4, -0.2) is 15.0 Å². The van der Waals surface area contributed by atoms with Crippen molar-refractivity contribution in [1.29, 1.82) is 0 Å². The molecule has 4 rings (SSSR count). The van der Waals surface area contributed by atoms with Crippen molar-refractivity contribution < 1.29 is 8.42 Å². The van der Waals surface area contributed by atoms with Gasteiger partial charge in [0, 0.05) is 6.54 Å². The van der Waals surface area contributed by atoms with Crippen LogP contribution in [0.1, 0.15) is 37.8 Å². The smallest absolute Gasteiger partial charge is 0.211 e. The lowest BCUT2D eigenvalue weighted by Gasteiger charge is -2.10. The molecule has 2 atom stereocenters. The molecule has 1 aliphatic carbocycles. The zero-order chi connectivity index (χ0) is 22.7. The first-order chi connectivity index (χ1) is 15.3. The molecule has 166 valence electrons. The molecule has 0 aliphatic heterocycles. The van der Waals surface area contributed by atoms with Crippen molar-refractivity contribution in [2.24, 2.45) is 11.8 Å². The topological polar surface area (TPSA) is 46.2 Å². The van der Waals surface area contributed by atoms with E-state index in [9.17, 15) is 8.42 Å². The van der Waals surface area contributed by atoms with Gasteiger partial charge in [-0.2, -0.15) is 0 Å². The molecule has 1 saturated carbocycles. The third-order valence-electron chi connectivity index (χ3n) is 6.63. The van der Waals surface area contributed by atoms with Gasteiger partial charge in [0.15, 0.2) is 0 Å². The molecule has 4 heteroatoms. The van der Waals surface area contributed by atoms with Gasteiger partial charge in [0.2, 0.25) is 10.0 Å². The Morgan fingerprint density at radius 1 is 0.875 bits per heavy atom. The number of hydrogen-bond donors (Lipinski definition) is 1. The number of rotatable bonds is 8. The summed E-state index contributed by atoms with van der Waals surface area (Å²) in [6, 6.07) is 26.2. The van der Waals surface area contributed by atoms with Crippen molar-refractivity contribution in [3.63, 3.8) is 0 Å². The van der Waals surface area contributed by atoms with Crippen molar-refractivity contribution in [2.45, 2.75) is 38.5 Å². The summed E-state index contributed by atoms with van der Waals surface area (Å²) in [7, 11) is -3.43. The van der Waals surface area contributed by atoms with Crippen LogP contribution in [0.4, 0.5) is 0 Å². The third-order valence-corrected chi connectivity index (χ3v) is 8.11. The highest BCUT2D eigenvalue weighted by Gasteiger charge is 2.38. The van der Waals surface area contributed by atoms with Crippen molar-refractivity contribution in [3.05, 3.63) is 95.6 Å². The zero-order valence-electron chi connectivity index (χ0n) is 19.0. The van der Waals surface area contributed by atoms with Gasteiger partial charge < -0.3 is 0 Å². The van der Waals surface area contributed by atoms with Gasteiger partial charge in [-0.05, 0) is 79.8 Å². The zero-order valence-corrected chi connectivity index (χ0v) is 19.8. The molecule has 0 bridgehead atoms. The standard InChI is InChI=1S/C28H31NO2S/c1-20-9-15-27(16-10-20)32(30,31)29-18-17-26-19-28(26)22(3)21(2)23-11-13-25(14-12-23)24-7-5-4-6-8-24/h4-16,26,28-29H,17-19H2,1-3H3/b22-21+. The average molecular weight is 446 g/mol. The van der Waals surface area contributed by atoms with Crippen LogP contribution >= 0.6 is 0 Å². The summed E-state index contributed by atoms with van der Waals surface area (Å²) in [6.07, 6.45) is 2.00. The number of nitrogens with one attached hydrogen (secondary N) is 1. The monoisotopic (exact) mass is 445 g/mol. The van der Waals surface area contributed by atoms with Crippen LogP contribution in [0.2, 0.25) is 0 Å². The molecule has 3 aromatic carbocycles. The Hall–Kier alpha value is -2.69. The summed E-state index contributed by atoms with van der Waals surface area (Å²) in [5.74, 6) is 1.10. The highest BCUT2D eigenvalue weighted by atomic mass is 32.2. The van der Waals surface area contributed by atoms with E-state index in [4.69, 9.17) is 0 Å². The maximum atomic E-state index is 12.5. The van der Waals surface area contributed by atoms with Crippen molar-refractivity contribution in [1.82, 2.24) is 4.72 Å². The second-order valence-corrected chi connectivity index (χ2v) is 10.6. The van der Waals surface area contributed by atoms with E-state index in [2.05, 4.69) is 67.1 Å². The summed E-state index contributed by atoms with van der Waals surface area (Å²) in [4.78, 5) is 0.335. The quantitative estimate of drug-likeness (QED) is 0.432. The Balaban J connectivity index is 1.33. The predicted molar refractivity (Wildman–Crippen MR) is 133 cm³/mol. The maximum Gasteiger partial charge on any atom is 0.240 e. The van der Waals surface area contributed by atoms with Gasteiger partial charge >= 0.3 is 0 Å². The molecule has 2 unspecified atom stereocenters. The Labute approximate surface area is 192 Å². The summed E-state index contributed by atoms with van der Waals surface area (Å²) in [5.41, 5.74) is 7.52. The van der Waals surface area contributed by atoms with Crippen LogP contribution in [0.3, 0.4) is 0 Å². The number of hydrogen-bond acceptors (Lipinski definition) is 2.